The van der Waals surface area contributed by atoms with Crippen LogP contribution in [0.4, 0.5) is 0 Å². The molecule has 130 heavy (non-hydrogen) atoms. The van der Waals surface area contributed by atoms with Crippen molar-refractivity contribution in [3.05, 3.63) is 27.7 Å². The number of hydrogen-bond donors (Lipinski definition) is 17. The van der Waals surface area contributed by atoms with Crippen LogP contribution in [-0.2, 0) is 129 Å². The second-order valence-electron chi connectivity index (χ2n) is 27.4. The number of rotatable bonds is 28. The topological polar surface area (TPSA) is 749 Å². The van der Waals surface area contributed by atoms with Gasteiger partial charge < -0.3 is 220 Å². The van der Waals surface area contributed by atoms with Gasteiger partial charge >= 0.3 is 232 Å². The van der Waals surface area contributed by atoms with Crippen LogP contribution >= 0.6 is 82.3 Å². The molecule has 0 aliphatic carbocycles. The number of carbonyl (C=O) groups is 3. The Labute approximate surface area is 930 Å². The van der Waals surface area contributed by atoms with E-state index in [4.69, 9.17) is 114 Å². The van der Waals surface area contributed by atoms with Crippen LogP contribution in [0.25, 0.3) is 0 Å². The molecule has 0 aromatic carbocycles. The van der Waals surface area contributed by atoms with Gasteiger partial charge in [0.15, 0.2) is 50.3 Å². The number of aliphatic hydroxyl groups is 17. The Bertz CT molecular complexity index is 3200. The van der Waals surface area contributed by atoms with Crippen LogP contribution < -0.4 is 222 Å². The number of carbonyl (C=O) groups excluding carboxylic acids is 11. The van der Waals surface area contributed by atoms with Gasteiger partial charge in [-0.1, -0.05) is 0 Å². The SMILES string of the molecule is O=C=O.O=C=O.O=C=O.O=C=O.[CH2-]CSC[C@H]1O[C@@H]2O[C@H]3[C@H](O)[C@@H](O)[C@@H](O[C@H]4[C@H](O)[C@@H](O)[C@@H](O[C@H]5[C@H](O)[C@@H](O)[C@@H](O[C@H]6[C@H](O)[C@@H](O)[C@@H](O[C@H]7[C@H](O)[C@@H](O)[C@@H](O[C@H]8[C@H](O)[C@@H](O)[C@@H](O[C@H]9[C@H](O)[C@@H](O)[C@@H](O[C@H]1[C@H](O)[C@H]2O)O[C@@H]9CSC[CH2-])O[C@@H]8CSC[CH2-])O[C@@H]7CSC[CH2-])O[C@@H]6CSCCC(=O)[O-])O[C@@H]5CSCCC(=O)[O-])O[C@@H]4CO)O[C@@H]3CSCCC(=O)[O-].[Na+].[Na+].[Na+].[Na+].[Na+].[Na+].[Na+]. The van der Waals surface area contributed by atoms with Crippen molar-refractivity contribution in [2.45, 2.75) is 265 Å². The Hall–Kier alpha value is 4.06. The van der Waals surface area contributed by atoms with Gasteiger partial charge in [0.1, 0.15) is 153 Å². The van der Waals surface area contributed by atoms with Gasteiger partial charge in [-0.3, -0.25) is 0 Å². The first-order valence-corrected chi connectivity index (χ1v) is 45.5. The number of ether oxygens (including phenoxy) is 16. The molecule has 30 heterocycles. The van der Waals surface area contributed by atoms with Crippen molar-refractivity contribution < 1.29 is 438 Å². The molecule has 0 amide bonds. The van der Waals surface area contributed by atoms with Crippen molar-refractivity contribution in [1.29, 1.82) is 0 Å². The fourth-order valence-corrected chi connectivity index (χ4v) is 19.3. The average molecular weight is 2070 g/mol. The normalized spacial score (nSPS) is 39.7. The fourth-order valence-electron chi connectivity index (χ4n) is 13.7. The summed E-state index contributed by atoms with van der Waals surface area (Å²) >= 11 is 7.33. The molecule has 40 atom stereocenters. The van der Waals surface area contributed by atoms with E-state index in [0.717, 1.165) is 58.8 Å². The quantitative estimate of drug-likeness (QED) is 0.0196. The van der Waals surface area contributed by atoms with Gasteiger partial charge in [0.2, 0.25) is 0 Å². The number of hydrogen-bond acceptors (Lipinski definition) is 54. The smallest absolute Gasteiger partial charge is 0.550 e. The second-order valence-corrected chi connectivity index (χ2v) is 35.5. The summed E-state index contributed by atoms with van der Waals surface area (Å²) in [6, 6.07) is 0. The Morgan fingerprint density at radius 2 is 0.354 bits per heavy atom. The number of carboxylic acid groups (broad SMARTS) is 3. The summed E-state index contributed by atoms with van der Waals surface area (Å²) in [6.07, 6.45) is -76.3. The summed E-state index contributed by atoms with van der Waals surface area (Å²) in [7, 11) is 0. The first-order valence-electron chi connectivity index (χ1n) is 37.4. The molecular formula is C69H101Na7O47S7. The summed E-state index contributed by atoms with van der Waals surface area (Å²) in [5.41, 5.74) is 0. The van der Waals surface area contributed by atoms with Gasteiger partial charge in [-0.15, -0.1) is 23.0 Å². The van der Waals surface area contributed by atoms with Crippen LogP contribution in [-0.4, -0.2) is 462 Å². The van der Waals surface area contributed by atoms with Crippen molar-refractivity contribution in [3.63, 3.8) is 0 Å². The standard InChI is InChI=1S/C65H104O39S7.4CO2.7Na/c1-5-105-16-24-51-36(75)45(84)61(91-24)101-53-26(18-107-7-3)93-63(47(86)38(53)77)103-56-29(21-110-13-10-32(69)70)94-59(43(82)39(56)78)97-50-23(15-66)89-58(42(81)34(50)73)98-55-28(20-109-12-9-31(67)68)95-65(48(87)40(55)79)104-57-30(22-111-14-11-33(71)72)96-64(49(88)41(57)80)102-54-27(19-108-8-4)92-62(46(85)37(54)76)100-52-25(17-106-6-2)90-60(99-51)44(83)35(52)74;4*2-1-3;;;;;;;/h23-30,34-66,73-88H,1-22H2,(H,67,68)(H,69,70)(H,71,72);;;;;;;;;;;/q-4;;;;;7*+1/p-3/t23-,24-,25-,26-,27-,28-,29-,30-,34-,35-,36-,37-,38-,39-,40-,41-,42-,43-,44-,45-,46-,47-,48-,49-,50-,51-,52-,53-,54-,55-,56-,57-,58-,59-,60-,61-,62-,63-,64-,65-;;;;;;;;;;;/m1.........../s1. The Morgan fingerprint density at radius 3 is 0.477 bits per heavy atom. The van der Waals surface area contributed by atoms with E-state index >= 15 is 0 Å². The molecule has 0 aromatic rings. The molecule has 0 saturated carbocycles. The largest absolute Gasteiger partial charge is 1.00 e. The molecule has 0 unspecified atom stereocenters. The molecular weight excluding hydrogens is 1970 g/mol. The van der Waals surface area contributed by atoms with Crippen LogP contribution in [0.3, 0.4) is 0 Å². The van der Waals surface area contributed by atoms with Gasteiger partial charge in [-0.05, 0) is 36.5 Å². The third-order valence-corrected chi connectivity index (χ3v) is 26.1. The molecule has 30 saturated heterocycles. The zero-order valence-electron chi connectivity index (χ0n) is 71.9. The minimum absolute atomic E-state index is 0. The molecule has 0 radical (unpaired) electrons. The summed E-state index contributed by atoms with van der Waals surface area (Å²) in [5, 5.41) is 237. The van der Waals surface area contributed by atoms with Crippen LogP contribution in [0, 0.1) is 27.7 Å². The van der Waals surface area contributed by atoms with Crippen molar-refractivity contribution >= 4 is 125 Å². The summed E-state index contributed by atoms with van der Waals surface area (Å²) < 4.78 is 99.3. The van der Waals surface area contributed by atoms with Gasteiger partial charge in [-0.2, -0.15) is 121 Å². The van der Waals surface area contributed by atoms with Crippen molar-refractivity contribution in [3.8, 4) is 0 Å². The van der Waals surface area contributed by atoms with E-state index in [9.17, 15) is 117 Å². The summed E-state index contributed by atoms with van der Waals surface area (Å²) in [4.78, 5) is 99.6. The number of aliphatic hydroxyl groups excluding tert-OH is 17. The van der Waals surface area contributed by atoms with Crippen molar-refractivity contribution in [1.82, 2.24) is 0 Å². The number of aliphatic carboxylic acids is 3. The van der Waals surface area contributed by atoms with Crippen molar-refractivity contribution in [2.24, 2.45) is 0 Å². The van der Waals surface area contributed by atoms with Crippen LogP contribution in [0.5, 0.6) is 0 Å². The van der Waals surface area contributed by atoms with Gasteiger partial charge in [-0.25, -0.2) is 0 Å². The molecule has 17 N–H and O–H groups in total. The zero-order chi connectivity index (χ0) is 91.6. The van der Waals surface area contributed by atoms with Crippen LogP contribution in [0.15, 0.2) is 0 Å². The first-order chi connectivity index (χ1) is 58.6. The molecule has 708 valence electrons. The first kappa shape index (κ1) is 138. The monoisotopic (exact) mass is 2070 g/mol. The number of thioether (sulfide) groups is 7. The van der Waals surface area contributed by atoms with Gasteiger partial charge in [0.05, 0.1) is 49.3 Å². The maximum atomic E-state index is 12.1. The van der Waals surface area contributed by atoms with E-state index in [1.54, 1.807) is 0 Å². The van der Waals surface area contributed by atoms with Gasteiger partial charge in [0, 0.05) is 58.2 Å². The molecule has 61 heteroatoms. The third kappa shape index (κ3) is 41.1. The van der Waals surface area contributed by atoms with E-state index in [-0.39, 0.29) is 312 Å². The Kier molecular flexibility index (Phi) is 77.8. The van der Waals surface area contributed by atoms with E-state index in [1.807, 2.05) is 0 Å². The second kappa shape index (κ2) is 73.2. The predicted octanol–water partition coefficient (Wildman–Crippen LogP) is -34.8. The molecule has 30 aliphatic rings. The maximum Gasteiger partial charge on any atom is 1.00 e. The van der Waals surface area contributed by atoms with E-state index in [1.165, 1.54) is 23.5 Å². The predicted molar refractivity (Wildman–Crippen MR) is 403 cm³/mol. The fraction of sp³-hybridized carbons (Fsp3) is 0.841. The minimum Gasteiger partial charge on any atom is -0.550 e. The van der Waals surface area contributed by atoms with Crippen molar-refractivity contribution in [2.75, 3.05) is 87.1 Å². The van der Waals surface area contributed by atoms with E-state index < -0.39 is 289 Å². The maximum absolute atomic E-state index is 12.1. The van der Waals surface area contributed by atoms with E-state index in [0.29, 0.717) is 0 Å². The Morgan fingerprint density at radius 1 is 0.231 bits per heavy atom. The minimum atomic E-state index is -2.27. The summed E-state index contributed by atoms with van der Waals surface area (Å²) in [5.74, 6) is -5.31. The Balaban J connectivity index is -0.00000803. The molecule has 30 aliphatic heterocycles. The third-order valence-electron chi connectivity index (χ3n) is 19.5. The van der Waals surface area contributed by atoms with Crippen LogP contribution in [0.1, 0.15) is 19.3 Å². The summed E-state index contributed by atoms with van der Waals surface area (Å²) in [6.45, 7) is 14.3. The molecule has 0 aromatic heterocycles. The zero-order valence-corrected chi connectivity index (χ0v) is 91.6. The molecule has 47 nitrogen and oxygen atoms in total. The molecule has 0 spiro atoms. The van der Waals surface area contributed by atoms with Gasteiger partial charge in [0.25, 0.3) is 0 Å². The van der Waals surface area contributed by atoms with E-state index in [2.05, 4.69) is 27.7 Å². The molecule has 30 fully saturated rings. The molecule has 16 bridgehead atoms. The molecule has 30 rings (SSSR count). The van der Waals surface area contributed by atoms with Crippen LogP contribution in [0.2, 0.25) is 0 Å². The average Bonchev–Trinajstić information content (AvgIpc) is 0.769. The number of carboxylic acids is 3.